The number of carbonyl (C=O) groups excluding carboxylic acids is 2. The molecule has 0 aliphatic carbocycles. The lowest BCUT2D eigenvalue weighted by atomic mass is 10.2. The molecular formula is C16H23N3O3. The maximum atomic E-state index is 12.0. The first-order valence-corrected chi connectivity index (χ1v) is 7.63. The van der Waals surface area contributed by atoms with Gasteiger partial charge < -0.3 is 15.0 Å². The lowest BCUT2D eigenvalue weighted by Crippen LogP contribution is -2.50. The van der Waals surface area contributed by atoms with Crippen LogP contribution >= 0.6 is 0 Å². The SMILES string of the molecule is CCOC(=O)NCC(=O)N1CCN(Cc2ccccc2)CC1. The Kier molecular flexibility index (Phi) is 6.21. The fraction of sp³-hybridized carbons (Fsp3) is 0.500. The summed E-state index contributed by atoms with van der Waals surface area (Å²) in [6.45, 7) is 6.01. The van der Waals surface area contributed by atoms with Gasteiger partial charge in [-0.05, 0) is 12.5 Å². The zero-order valence-electron chi connectivity index (χ0n) is 13.0. The molecular weight excluding hydrogens is 282 g/mol. The minimum absolute atomic E-state index is 0.00246. The van der Waals surface area contributed by atoms with E-state index >= 15 is 0 Å². The van der Waals surface area contributed by atoms with Gasteiger partial charge in [0, 0.05) is 32.7 Å². The number of piperazine rings is 1. The van der Waals surface area contributed by atoms with E-state index in [-0.39, 0.29) is 12.5 Å². The summed E-state index contributed by atoms with van der Waals surface area (Å²) >= 11 is 0. The number of ether oxygens (including phenoxy) is 1. The van der Waals surface area contributed by atoms with Gasteiger partial charge >= 0.3 is 6.09 Å². The molecule has 1 N–H and O–H groups in total. The molecule has 2 rings (SSSR count). The van der Waals surface area contributed by atoms with Gasteiger partial charge in [-0.2, -0.15) is 0 Å². The quantitative estimate of drug-likeness (QED) is 0.884. The molecule has 6 nitrogen and oxygen atoms in total. The largest absolute Gasteiger partial charge is 0.450 e. The van der Waals surface area contributed by atoms with Crippen molar-refractivity contribution >= 4 is 12.0 Å². The van der Waals surface area contributed by atoms with Gasteiger partial charge in [0.2, 0.25) is 5.91 Å². The summed E-state index contributed by atoms with van der Waals surface area (Å²) in [5.41, 5.74) is 1.28. The minimum atomic E-state index is -0.543. The standard InChI is InChI=1S/C16H23N3O3/c1-2-22-16(21)17-12-15(20)19-10-8-18(9-11-19)13-14-6-4-3-5-7-14/h3-7H,2,8-13H2,1H3,(H,17,21). The van der Waals surface area contributed by atoms with Crippen molar-refractivity contribution in [3.8, 4) is 0 Å². The van der Waals surface area contributed by atoms with E-state index in [0.29, 0.717) is 19.7 Å². The van der Waals surface area contributed by atoms with Crippen LogP contribution < -0.4 is 5.32 Å². The fourth-order valence-electron chi connectivity index (χ4n) is 2.44. The van der Waals surface area contributed by atoms with Crippen LogP contribution in [0.1, 0.15) is 12.5 Å². The zero-order chi connectivity index (χ0) is 15.8. The van der Waals surface area contributed by atoms with E-state index in [9.17, 15) is 9.59 Å². The third-order valence-electron chi connectivity index (χ3n) is 3.63. The van der Waals surface area contributed by atoms with Crippen molar-refractivity contribution < 1.29 is 14.3 Å². The van der Waals surface area contributed by atoms with Gasteiger partial charge in [0.25, 0.3) is 0 Å². The van der Waals surface area contributed by atoms with Crippen LogP contribution in [-0.2, 0) is 16.1 Å². The zero-order valence-corrected chi connectivity index (χ0v) is 13.0. The highest BCUT2D eigenvalue weighted by Crippen LogP contribution is 2.08. The molecule has 1 aliphatic rings. The molecule has 0 radical (unpaired) electrons. The Morgan fingerprint density at radius 1 is 1.14 bits per heavy atom. The van der Waals surface area contributed by atoms with E-state index in [0.717, 1.165) is 19.6 Å². The van der Waals surface area contributed by atoms with Crippen molar-refractivity contribution in [3.05, 3.63) is 35.9 Å². The first-order valence-electron chi connectivity index (χ1n) is 7.63. The molecule has 0 atom stereocenters. The third kappa shape index (κ3) is 5.04. The lowest BCUT2D eigenvalue weighted by Gasteiger charge is -2.34. The number of alkyl carbamates (subject to hydrolysis) is 1. The molecule has 1 heterocycles. The van der Waals surface area contributed by atoms with E-state index in [1.807, 2.05) is 18.2 Å². The first kappa shape index (κ1) is 16.3. The van der Waals surface area contributed by atoms with Crippen LogP contribution in [0.5, 0.6) is 0 Å². The van der Waals surface area contributed by atoms with Crippen LogP contribution in [0.4, 0.5) is 4.79 Å². The second kappa shape index (κ2) is 8.38. The number of rotatable bonds is 5. The lowest BCUT2D eigenvalue weighted by molar-refractivity contribution is -0.131. The highest BCUT2D eigenvalue weighted by molar-refractivity contribution is 5.82. The number of benzene rings is 1. The molecule has 0 aromatic heterocycles. The molecule has 120 valence electrons. The summed E-state index contributed by atoms with van der Waals surface area (Å²) in [6.07, 6.45) is -0.543. The topological polar surface area (TPSA) is 61.9 Å². The smallest absolute Gasteiger partial charge is 0.407 e. The summed E-state index contributed by atoms with van der Waals surface area (Å²) in [6, 6.07) is 10.3. The number of nitrogens with zero attached hydrogens (tertiary/aromatic N) is 2. The molecule has 2 amide bonds. The molecule has 0 spiro atoms. The second-order valence-electron chi connectivity index (χ2n) is 5.22. The second-order valence-corrected chi connectivity index (χ2v) is 5.22. The van der Waals surface area contributed by atoms with Crippen LogP contribution in [0.3, 0.4) is 0 Å². The number of hydrogen-bond acceptors (Lipinski definition) is 4. The molecule has 0 saturated carbocycles. The predicted octanol–water partition coefficient (Wildman–Crippen LogP) is 1.08. The summed E-state index contributed by atoms with van der Waals surface area (Å²) in [7, 11) is 0. The van der Waals surface area contributed by atoms with Gasteiger partial charge in [0.15, 0.2) is 0 Å². The summed E-state index contributed by atoms with van der Waals surface area (Å²) in [5.74, 6) is -0.0626. The van der Waals surface area contributed by atoms with E-state index in [4.69, 9.17) is 4.74 Å². The minimum Gasteiger partial charge on any atom is -0.450 e. The maximum Gasteiger partial charge on any atom is 0.407 e. The summed E-state index contributed by atoms with van der Waals surface area (Å²) < 4.78 is 4.73. The molecule has 6 heteroatoms. The Morgan fingerprint density at radius 3 is 2.45 bits per heavy atom. The van der Waals surface area contributed by atoms with Gasteiger partial charge in [-0.25, -0.2) is 4.79 Å². The van der Waals surface area contributed by atoms with Crippen molar-refractivity contribution in [1.29, 1.82) is 0 Å². The Bertz CT molecular complexity index is 485. The Labute approximate surface area is 131 Å². The average Bonchev–Trinajstić information content (AvgIpc) is 2.54. The van der Waals surface area contributed by atoms with Crippen molar-refractivity contribution in [2.75, 3.05) is 39.3 Å². The Hall–Kier alpha value is -2.08. The van der Waals surface area contributed by atoms with Gasteiger partial charge in [-0.1, -0.05) is 30.3 Å². The monoisotopic (exact) mass is 305 g/mol. The van der Waals surface area contributed by atoms with Crippen LogP contribution in [0.25, 0.3) is 0 Å². The molecule has 22 heavy (non-hydrogen) atoms. The first-order chi connectivity index (χ1) is 10.7. The summed E-state index contributed by atoms with van der Waals surface area (Å²) in [4.78, 5) is 27.3. The number of hydrogen-bond donors (Lipinski definition) is 1. The Balaban J connectivity index is 1.70. The molecule has 0 bridgehead atoms. The molecule has 1 aromatic carbocycles. The molecule has 1 fully saturated rings. The van der Waals surface area contributed by atoms with Crippen molar-refractivity contribution in [3.63, 3.8) is 0 Å². The van der Waals surface area contributed by atoms with E-state index < -0.39 is 6.09 Å². The highest BCUT2D eigenvalue weighted by Gasteiger charge is 2.21. The fourth-order valence-corrected chi connectivity index (χ4v) is 2.44. The van der Waals surface area contributed by atoms with Gasteiger partial charge in [-0.15, -0.1) is 0 Å². The van der Waals surface area contributed by atoms with Crippen LogP contribution in [0.15, 0.2) is 30.3 Å². The van der Waals surface area contributed by atoms with Gasteiger partial charge in [-0.3, -0.25) is 9.69 Å². The van der Waals surface area contributed by atoms with E-state index in [1.165, 1.54) is 5.56 Å². The van der Waals surface area contributed by atoms with Crippen molar-refractivity contribution in [2.24, 2.45) is 0 Å². The average molecular weight is 305 g/mol. The van der Waals surface area contributed by atoms with E-state index in [2.05, 4.69) is 22.3 Å². The predicted molar refractivity (Wildman–Crippen MR) is 83.3 cm³/mol. The van der Waals surface area contributed by atoms with Crippen molar-refractivity contribution in [2.45, 2.75) is 13.5 Å². The van der Waals surface area contributed by atoms with Crippen molar-refractivity contribution in [1.82, 2.24) is 15.1 Å². The normalized spacial score (nSPS) is 15.4. The van der Waals surface area contributed by atoms with Crippen LogP contribution in [0, 0.1) is 0 Å². The number of amides is 2. The maximum absolute atomic E-state index is 12.0. The summed E-state index contributed by atoms with van der Waals surface area (Å²) in [5, 5.41) is 2.47. The highest BCUT2D eigenvalue weighted by atomic mass is 16.5. The Morgan fingerprint density at radius 2 is 1.82 bits per heavy atom. The molecule has 1 aromatic rings. The third-order valence-corrected chi connectivity index (χ3v) is 3.63. The molecule has 1 aliphatic heterocycles. The van der Waals surface area contributed by atoms with Crippen LogP contribution in [-0.4, -0.2) is 61.1 Å². The van der Waals surface area contributed by atoms with E-state index in [1.54, 1.807) is 11.8 Å². The van der Waals surface area contributed by atoms with Crippen LogP contribution in [0.2, 0.25) is 0 Å². The number of nitrogens with one attached hydrogen (secondary N) is 1. The molecule has 1 saturated heterocycles. The van der Waals surface area contributed by atoms with Gasteiger partial charge in [0.05, 0.1) is 6.61 Å². The molecule has 0 unspecified atom stereocenters. The van der Waals surface area contributed by atoms with Gasteiger partial charge in [0.1, 0.15) is 6.54 Å². The number of carbonyl (C=O) groups is 2.